The minimum Gasteiger partial charge on any atom is -0.493 e. The lowest BCUT2D eigenvalue weighted by Crippen LogP contribution is -2.44. The summed E-state index contributed by atoms with van der Waals surface area (Å²) < 4.78 is 11.4. The van der Waals surface area contributed by atoms with Gasteiger partial charge in [-0.3, -0.25) is 11.3 Å². The van der Waals surface area contributed by atoms with Crippen molar-refractivity contribution in [1.82, 2.24) is 5.43 Å². The number of aryl methyl sites for hydroxylation is 1. The molecule has 0 aliphatic carbocycles. The summed E-state index contributed by atoms with van der Waals surface area (Å²) >= 11 is 0. The highest BCUT2D eigenvalue weighted by atomic mass is 16.5. The number of hydrogen-bond acceptors (Lipinski definition) is 4. The molecule has 116 valence electrons. The van der Waals surface area contributed by atoms with Gasteiger partial charge in [-0.25, -0.2) is 0 Å². The fraction of sp³-hybridized carbons (Fsp3) is 0.647. The predicted molar refractivity (Wildman–Crippen MR) is 83.2 cm³/mol. The number of rotatable bonds is 6. The van der Waals surface area contributed by atoms with Gasteiger partial charge in [-0.2, -0.15) is 0 Å². The van der Waals surface area contributed by atoms with Crippen molar-refractivity contribution >= 4 is 0 Å². The zero-order valence-electron chi connectivity index (χ0n) is 12.8. The van der Waals surface area contributed by atoms with Gasteiger partial charge in [0.1, 0.15) is 5.75 Å². The topological polar surface area (TPSA) is 56.5 Å². The number of hydrogen-bond donors (Lipinski definition) is 2. The van der Waals surface area contributed by atoms with Crippen molar-refractivity contribution in [1.29, 1.82) is 0 Å². The minimum absolute atomic E-state index is 0.335. The largest absolute Gasteiger partial charge is 0.493 e. The molecule has 2 aliphatic heterocycles. The molecule has 4 nitrogen and oxygen atoms in total. The normalized spacial score (nSPS) is 25.6. The van der Waals surface area contributed by atoms with E-state index in [4.69, 9.17) is 15.3 Å². The minimum atomic E-state index is 0.335. The second-order valence-corrected chi connectivity index (χ2v) is 6.12. The van der Waals surface area contributed by atoms with E-state index in [0.717, 1.165) is 51.1 Å². The average Bonchev–Trinajstić information content (AvgIpc) is 3.16. The highest BCUT2D eigenvalue weighted by molar-refractivity contribution is 5.39. The predicted octanol–water partition coefficient (Wildman–Crippen LogP) is 2.20. The number of benzene rings is 1. The monoisotopic (exact) mass is 290 g/mol. The summed E-state index contributed by atoms with van der Waals surface area (Å²) in [6, 6.07) is 6.91. The number of nitrogens with two attached hydrogens (primary N) is 1. The van der Waals surface area contributed by atoms with Gasteiger partial charge in [-0.05, 0) is 42.9 Å². The van der Waals surface area contributed by atoms with Gasteiger partial charge in [0.25, 0.3) is 0 Å². The van der Waals surface area contributed by atoms with E-state index in [1.54, 1.807) is 0 Å². The van der Waals surface area contributed by atoms with Crippen LogP contribution >= 0.6 is 0 Å². The fourth-order valence-electron chi connectivity index (χ4n) is 3.68. The molecule has 1 aromatic carbocycles. The summed E-state index contributed by atoms with van der Waals surface area (Å²) in [6.45, 7) is 3.89. The Morgan fingerprint density at radius 3 is 3.10 bits per heavy atom. The number of ether oxygens (including phenoxy) is 2. The molecular formula is C17H26N2O2. The first-order valence-corrected chi connectivity index (χ1v) is 8.14. The number of nitrogens with one attached hydrogen (secondary N) is 1. The molecule has 21 heavy (non-hydrogen) atoms. The van der Waals surface area contributed by atoms with Crippen LogP contribution in [0.25, 0.3) is 0 Å². The highest BCUT2D eigenvalue weighted by Gasteiger charge is 2.32. The summed E-state index contributed by atoms with van der Waals surface area (Å²) in [5, 5.41) is 0. The van der Waals surface area contributed by atoms with Crippen LogP contribution in [0.5, 0.6) is 5.75 Å². The first kappa shape index (κ1) is 14.8. The van der Waals surface area contributed by atoms with E-state index in [1.807, 2.05) is 0 Å². The summed E-state index contributed by atoms with van der Waals surface area (Å²) in [6.07, 6.45) is 5.69. The molecule has 0 aromatic heterocycles. The van der Waals surface area contributed by atoms with E-state index in [-0.39, 0.29) is 0 Å². The van der Waals surface area contributed by atoms with E-state index in [1.165, 1.54) is 11.1 Å². The van der Waals surface area contributed by atoms with Crippen molar-refractivity contribution < 1.29 is 9.47 Å². The van der Waals surface area contributed by atoms with Crippen molar-refractivity contribution in [3.63, 3.8) is 0 Å². The van der Waals surface area contributed by atoms with Crippen LogP contribution < -0.4 is 16.0 Å². The summed E-state index contributed by atoms with van der Waals surface area (Å²) in [5.74, 6) is 7.40. The third kappa shape index (κ3) is 3.23. The van der Waals surface area contributed by atoms with Crippen LogP contribution in [0, 0.1) is 5.92 Å². The van der Waals surface area contributed by atoms with E-state index in [9.17, 15) is 0 Å². The van der Waals surface area contributed by atoms with Crippen molar-refractivity contribution in [2.45, 2.75) is 51.2 Å². The van der Waals surface area contributed by atoms with Crippen LogP contribution in [-0.2, 0) is 17.6 Å². The van der Waals surface area contributed by atoms with Crippen LogP contribution in [0.1, 0.15) is 37.3 Å². The third-order valence-electron chi connectivity index (χ3n) is 4.89. The first-order valence-electron chi connectivity index (χ1n) is 8.14. The zero-order valence-corrected chi connectivity index (χ0v) is 12.8. The van der Waals surface area contributed by atoms with Crippen LogP contribution in [0.2, 0.25) is 0 Å². The standard InChI is InChI=1S/C17H26N2O2/c1-2-16-14(8-10-20-16)15(19-18)5-3-12-4-6-17-13(11-12)7-9-21-17/h4,6,11,14-16,19H,2-3,5,7-10,18H2,1H3. The Hall–Kier alpha value is -1.10. The van der Waals surface area contributed by atoms with Gasteiger partial charge in [-0.15, -0.1) is 0 Å². The maximum atomic E-state index is 5.80. The Morgan fingerprint density at radius 2 is 2.29 bits per heavy atom. The molecule has 3 atom stereocenters. The van der Waals surface area contributed by atoms with E-state index < -0.39 is 0 Å². The molecule has 3 N–H and O–H groups in total. The lowest BCUT2D eigenvalue weighted by Gasteiger charge is -2.26. The Bertz CT molecular complexity index is 478. The average molecular weight is 290 g/mol. The Kier molecular flexibility index (Phi) is 4.78. The summed E-state index contributed by atoms with van der Waals surface area (Å²) in [5.41, 5.74) is 5.75. The van der Waals surface area contributed by atoms with Crippen molar-refractivity contribution in [3.8, 4) is 5.75 Å². The van der Waals surface area contributed by atoms with Gasteiger partial charge < -0.3 is 9.47 Å². The van der Waals surface area contributed by atoms with E-state index >= 15 is 0 Å². The molecule has 0 spiro atoms. The fourth-order valence-corrected chi connectivity index (χ4v) is 3.68. The first-order chi connectivity index (χ1) is 10.3. The van der Waals surface area contributed by atoms with Gasteiger partial charge in [0.05, 0.1) is 12.7 Å². The van der Waals surface area contributed by atoms with Gasteiger partial charge in [0.15, 0.2) is 0 Å². The van der Waals surface area contributed by atoms with Gasteiger partial charge in [0.2, 0.25) is 0 Å². The van der Waals surface area contributed by atoms with Crippen molar-refractivity contribution in [2.24, 2.45) is 11.8 Å². The molecule has 0 saturated carbocycles. The molecule has 0 radical (unpaired) electrons. The lowest BCUT2D eigenvalue weighted by molar-refractivity contribution is 0.0765. The number of fused-ring (bicyclic) bond motifs is 1. The molecule has 1 aromatic rings. The van der Waals surface area contributed by atoms with Crippen LogP contribution in [0.4, 0.5) is 0 Å². The van der Waals surface area contributed by atoms with Gasteiger partial charge in [0, 0.05) is 25.0 Å². The molecule has 4 heteroatoms. The maximum absolute atomic E-state index is 5.80. The lowest BCUT2D eigenvalue weighted by atomic mass is 9.88. The Labute approximate surface area is 127 Å². The van der Waals surface area contributed by atoms with Crippen LogP contribution in [0.15, 0.2) is 18.2 Å². The molecule has 2 aliphatic rings. The molecular weight excluding hydrogens is 264 g/mol. The summed E-state index contributed by atoms with van der Waals surface area (Å²) in [7, 11) is 0. The molecule has 2 heterocycles. The molecule has 1 fully saturated rings. The van der Waals surface area contributed by atoms with E-state index in [2.05, 4.69) is 30.5 Å². The molecule has 0 amide bonds. The molecule has 3 rings (SSSR count). The zero-order chi connectivity index (χ0) is 14.7. The van der Waals surface area contributed by atoms with E-state index in [0.29, 0.717) is 18.1 Å². The molecule has 1 saturated heterocycles. The molecule has 3 unspecified atom stereocenters. The van der Waals surface area contributed by atoms with Crippen molar-refractivity contribution in [2.75, 3.05) is 13.2 Å². The Morgan fingerprint density at radius 1 is 1.38 bits per heavy atom. The van der Waals surface area contributed by atoms with Gasteiger partial charge in [-0.1, -0.05) is 19.1 Å². The Balaban J connectivity index is 1.60. The maximum Gasteiger partial charge on any atom is 0.122 e. The second kappa shape index (κ2) is 6.77. The second-order valence-electron chi connectivity index (χ2n) is 6.12. The SMILES string of the molecule is CCC1OCCC1C(CCc1ccc2c(c1)CCO2)NN. The van der Waals surface area contributed by atoms with Crippen molar-refractivity contribution in [3.05, 3.63) is 29.3 Å². The number of hydrazine groups is 1. The van der Waals surface area contributed by atoms with Crippen LogP contribution in [-0.4, -0.2) is 25.4 Å². The third-order valence-corrected chi connectivity index (χ3v) is 4.89. The quantitative estimate of drug-likeness (QED) is 0.623. The smallest absolute Gasteiger partial charge is 0.122 e. The van der Waals surface area contributed by atoms with Gasteiger partial charge >= 0.3 is 0 Å². The highest BCUT2D eigenvalue weighted by Crippen LogP contribution is 2.30. The summed E-state index contributed by atoms with van der Waals surface area (Å²) in [4.78, 5) is 0. The van der Waals surface area contributed by atoms with Crippen LogP contribution in [0.3, 0.4) is 0 Å². The molecule has 0 bridgehead atoms.